The smallest absolute Gasteiger partial charge is 0.175 e. The van der Waals surface area contributed by atoms with Crippen LogP contribution >= 0.6 is 0 Å². The zero-order chi connectivity index (χ0) is 22.1. The molecule has 160 valence electrons. The van der Waals surface area contributed by atoms with Crippen molar-refractivity contribution in [2.45, 2.75) is 37.3 Å². The molecule has 3 N–H and O–H groups in total. The van der Waals surface area contributed by atoms with Gasteiger partial charge >= 0.3 is 0 Å². The van der Waals surface area contributed by atoms with Gasteiger partial charge in [0.05, 0.1) is 33.8 Å². The molecule has 0 saturated heterocycles. The van der Waals surface area contributed by atoms with E-state index in [1.54, 1.807) is 54.9 Å². The minimum atomic E-state index is -3.29. The van der Waals surface area contributed by atoms with Gasteiger partial charge in [0.25, 0.3) is 0 Å². The van der Waals surface area contributed by atoms with Crippen molar-refractivity contribution >= 4 is 20.9 Å². The third-order valence-corrected chi connectivity index (χ3v) is 6.01. The van der Waals surface area contributed by atoms with Gasteiger partial charge in [-0.25, -0.2) is 12.8 Å². The number of nitrogens with zero attached hydrogens (tertiary/aromatic N) is 2. The highest BCUT2D eigenvalue weighted by Crippen LogP contribution is 2.34. The molecule has 30 heavy (non-hydrogen) atoms. The van der Waals surface area contributed by atoms with Gasteiger partial charge in [0, 0.05) is 31.0 Å². The number of sulfone groups is 1. The van der Waals surface area contributed by atoms with Crippen molar-refractivity contribution in [3.05, 3.63) is 71.3 Å². The molecule has 2 aromatic heterocycles. The summed E-state index contributed by atoms with van der Waals surface area (Å²) in [5, 5.41) is 10.9. The molecule has 3 rings (SSSR count). The van der Waals surface area contributed by atoms with Crippen LogP contribution in [0.3, 0.4) is 0 Å². The number of aliphatic hydroxyl groups is 1. The van der Waals surface area contributed by atoms with Crippen molar-refractivity contribution in [2.24, 2.45) is 5.73 Å². The molecule has 8 heteroatoms. The first kappa shape index (κ1) is 22.1. The van der Waals surface area contributed by atoms with E-state index in [0.29, 0.717) is 23.1 Å². The van der Waals surface area contributed by atoms with E-state index in [2.05, 4.69) is 4.98 Å². The Morgan fingerprint density at radius 3 is 2.50 bits per heavy atom. The summed E-state index contributed by atoms with van der Waals surface area (Å²) < 4.78 is 39.6. The van der Waals surface area contributed by atoms with Crippen LogP contribution in [-0.4, -0.2) is 35.9 Å². The maximum Gasteiger partial charge on any atom is 0.175 e. The predicted molar refractivity (Wildman–Crippen MR) is 116 cm³/mol. The SMILES string of the molecule is CC(C)(O)c1c(Cc2ccc(S(C)(=O)=O)cc2)c2ncccc2n1C/C(F)=C/CN. The lowest BCUT2D eigenvalue weighted by molar-refractivity contribution is 0.0694. The van der Waals surface area contributed by atoms with E-state index in [-0.39, 0.29) is 18.0 Å². The molecule has 0 fully saturated rings. The Balaban J connectivity index is 2.17. The Morgan fingerprint density at radius 1 is 1.27 bits per heavy atom. The average molecular weight is 432 g/mol. The first-order valence-electron chi connectivity index (χ1n) is 9.55. The Bertz CT molecular complexity index is 1190. The molecule has 0 aliphatic carbocycles. The van der Waals surface area contributed by atoms with Gasteiger partial charge in [-0.2, -0.15) is 0 Å². The number of nitrogens with two attached hydrogens (primary N) is 1. The molecule has 0 amide bonds. The average Bonchev–Trinajstić information content (AvgIpc) is 2.95. The first-order chi connectivity index (χ1) is 14.0. The van der Waals surface area contributed by atoms with Crippen LogP contribution in [0.4, 0.5) is 4.39 Å². The van der Waals surface area contributed by atoms with Crippen LogP contribution in [0.25, 0.3) is 11.0 Å². The molecule has 0 spiro atoms. The van der Waals surface area contributed by atoms with E-state index in [1.807, 2.05) is 6.07 Å². The van der Waals surface area contributed by atoms with Crippen molar-refractivity contribution in [3.63, 3.8) is 0 Å². The summed E-state index contributed by atoms with van der Waals surface area (Å²) in [4.78, 5) is 4.73. The minimum absolute atomic E-state index is 0.0638. The van der Waals surface area contributed by atoms with E-state index >= 15 is 0 Å². The van der Waals surface area contributed by atoms with Crippen LogP contribution in [0.1, 0.15) is 30.7 Å². The number of rotatable bonds is 7. The van der Waals surface area contributed by atoms with Crippen molar-refractivity contribution < 1.29 is 17.9 Å². The molecule has 0 aliphatic rings. The van der Waals surface area contributed by atoms with Gasteiger partial charge in [-0.3, -0.25) is 4.98 Å². The first-order valence-corrected chi connectivity index (χ1v) is 11.4. The summed E-state index contributed by atoms with van der Waals surface area (Å²) in [6.45, 7) is 3.32. The van der Waals surface area contributed by atoms with Gasteiger partial charge in [0.2, 0.25) is 0 Å². The maximum absolute atomic E-state index is 14.4. The topological polar surface area (TPSA) is 98.2 Å². The van der Waals surface area contributed by atoms with Crippen molar-refractivity contribution in [1.29, 1.82) is 0 Å². The molecule has 0 aliphatic heterocycles. The van der Waals surface area contributed by atoms with E-state index < -0.39 is 21.3 Å². The fourth-order valence-corrected chi connectivity index (χ4v) is 4.31. The highest BCUT2D eigenvalue weighted by Gasteiger charge is 2.29. The van der Waals surface area contributed by atoms with Crippen LogP contribution in [0.2, 0.25) is 0 Å². The van der Waals surface area contributed by atoms with Crippen molar-refractivity contribution in [2.75, 3.05) is 12.8 Å². The van der Waals surface area contributed by atoms with Gasteiger partial charge in [0.15, 0.2) is 9.84 Å². The Kier molecular flexibility index (Phi) is 6.12. The zero-order valence-corrected chi connectivity index (χ0v) is 18.1. The lowest BCUT2D eigenvalue weighted by Crippen LogP contribution is -2.23. The van der Waals surface area contributed by atoms with E-state index in [0.717, 1.165) is 17.4 Å². The summed E-state index contributed by atoms with van der Waals surface area (Å²) in [6.07, 6.45) is 4.53. The highest BCUT2D eigenvalue weighted by molar-refractivity contribution is 7.90. The Morgan fingerprint density at radius 2 is 1.93 bits per heavy atom. The van der Waals surface area contributed by atoms with Gasteiger partial charge in [-0.15, -0.1) is 0 Å². The Labute approximate surface area is 175 Å². The fraction of sp³-hybridized carbons (Fsp3) is 0.318. The third kappa shape index (κ3) is 4.61. The summed E-state index contributed by atoms with van der Waals surface area (Å²) in [5.41, 5.74) is 7.74. The Hall–Kier alpha value is -2.55. The van der Waals surface area contributed by atoms with Gasteiger partial charge in [-0.1, -0.05) is 12.1 Å². The monoisotopic (exact) mass is 431 g/mol. The largest absolute Gasteiger partial charge is 0.384 e. The number of hydrogen-bond acceptors (Lipinski definition) is 5. The van der Waals surface area contributed by atoms with Crippen LogP contribution in [0.15, 0.2) is 59.4 Å². The van der Waals surface area contributed by atoms with Crippen molar-refractivity contribution in [1.82, 2.24) is 9.55 Å². The lowest BCUT2D eigenvalue weighted by atomic mass is 9.96. The second-order valence-electron chi connectivity index (χ2n) is 7.82. The quantitative estimate of drug-likeness (QED) is 0.599. The number of aromatic nitrogens is 2. The summed E-state index contributed by atoms with van der Waals surface area (Å²) >= 11 is 0. The van der Waals surface area contributed by atoms with Gasteiger partial charge in [-0.05, 0) is 49.8 Å². The minimum Gasteiger partial charge on any atom is -0.384 e. The van der Waals surface area contributed by atoms with Crippen LogP contribution in [-0.2, 0) is 28.4 Å². The number of hydrogen-bond donors (Lipinski definition) is 2. The molecule has 6 nitrogen and oxygen atoms in total. The van der Waals surface area contributed by atoms with Crippen LogP contribution < -0.4 is 5.73 Å². The van der Waals surface area contributed by atoms with Crippen LogP contribution in [0, 0.1) is 0 Å². The van der Waals surface area contributed by atoms with E-state index in [4.69, 9.17) is 5.73 Å². The standard InChI is InChI=1S/C22H26FN3O3S/c1-22(2,27)21-18(13-15-6-8-17(9-7-15)30(3,28)29)20-19(5-4-12-25-20)26(21)14-16(23)10-11-24/h4-10,12,27H,11,13-14,24H2,1-3H3/b16-10-. The molecular weight excluding hydrogens is 405 g/mol. The number of benzene rings is 1. The number of fused-ring (bicyclic) bond motifs is 1. The maximum atomic E-state index is 14.4. The predicted octanol–water partition coefficient (Wildman–Crippen LogP) is 3.07. The molecule has 0 radical (unpaired) electrons. The molecule has 0 unspecified atom stereocenters. The second kappa shape index (κ2) is 8.29. The molecule has 1 aromatic carbocycles. The number of pyridine rings is 1. The summed E-state index contributed by atoms with van der Waals surface area (Å²) in [7, 11) is -3.29. The van der Waals surface area contributed by atoms with Crippen LogP contribution in [0.5, 0.6) is 0 Å². The number of halogens is 1. The van der Waals surface area contributed by atoms with Gasteiger partial charge < -0.3 is 15.4 Å². The molecule has 0 saturated carbocycles. The molecular formula is C22H26FN3O3S. The third-order valence-electron chi connectivity index (χ3n) is 4.88. The summed E-state index contributed by atoms with van der Waals surface area (Å²) in [5.74, 6) is -0.396. The molecule has 3 aromatic rings. The second-order valence-corrected chi connectivity index (χ2v) is 9.84. The van der Waals surface area contributed by atoms with Gasteiger partial charge in [0.1, 0.15) is 5.83 Å². The van der Waals surface area contributed by atoms with E-state index in [1.165, 1.54) is 6.08 Å². The fourth-order valence-electron chi connectivity index (χ4n) is 3.68. The normalized spacial score (nSPS) is 13.2. The number of allylic oxidation sites excluding steroid dienone is 1. The highest BCUT2D eigenvalue weighted by atomic mass is 32.2. The zero-order valence-electron chi connectivity index (χ0n) is 17.3. The molecule has 2 heterocycles. The molecule has 0 bridgehead atoms. The summed E-state index contributed by atoms with van der Waals surface area (Å²) in [6, 6.07) is 10.2. The molecule has 0 atom stereocenters. The van der Waals surface area contributed by atoms with Crippen molar-refractivity contribution in [3.8, 4) is 0 Å². The van der Waals surface area contributed by atoms with E-state index in [9.17, 15) is 17.9 Å². The lowest BCUT2D eigenvalue weighted by Gasteiger charge is -2.23.